The van der Waals surface area contributed by atoms with Crippen molar-refractivity contribution in [1.82, 2.24) is 0 Å². The molecule has 0 spiro atoms. The van der Waals surface area contributed by atoms with Gasteiger partial charge >= 0.3 is 0 Å². The van der Waals surface area contributed by atoms with Crippen molar-refractivity contribution in [1.29, 1.82) is 0 Å². The molecule has 0 fully saturated rings. The van der Waals surface area contributed by atoms with Gasteiger partial charge in [0, 0.05) is 5.69 Å². The van der Waals surface area contributed by atoms with Gasteiger partial charge in [-0.25, -0.2) is 0 Å². The number of amides is 1. The van der Waals surface area contributed by atoms with Gasteiger partial charge in [-0.2, -0.15) is 0 Å². The first-order valence-corrected chi connectivity index (χ1v) is 7.77. The number of carbonyl (C=O) groups is 1. The van der Waals surface area contributed by atoms with E-state index < -0.39 is 0 Å². The van der Waals surface area contributed by atoms with E-state index in [1.165, 1.54) is 0 Å². The maximum absolute atomic E-state index is 12.1. The van der Waals surface area contributed by atoms with Crippen LogP contribution in [0.2, 0.25) is 5.02 Å². The average molecular weight is 317 g/mol. The van der Waals surface area contributed by atoms with Gasteiger partial charge in [-0.15, -0.1) is 0 Å². The summed E-state index contributed by atoms with van der Waals surface area (Å²) >= 11 is 6.23. The Morgan fingerprint density at radius 2 is 1.91 bits per heavy atom. The number of aryl methyl sites for hydroxylation is 3. The number of para-hydroxylation sites is 1. The van der Waals surface area contributed by atoms with E-state index in [9.17, 15) is 4.79 Å². The van der Waals surface area contributed by atoms with E-state index >= 15 is 0 Å². The fourth-order valence-electron chi connectivity index (χ4n) is 2.45. The van der Waals surface area contributed by atoms with E-state index in [2.05, 4.69) is 17.6 Å². The predicted octanol–water partition coefficient (Wildman–Crippen LogP) is 4.57. The molecular weight excluding hydrogens is 296 g/mol. The third-order valence-electron chi connectivity index (χ3n) is 3.53. The first-order valence-electron chi connectivity index (χ1n) is 7.39. The summed E-state index contributed by atoms with van der Waals surface area (Å²) in [5.41, 5.74) is 4.94. The molecule has 0 aliphatic carbocycles. The number of hydrogen-bond acceptors (Lipinski definition) is 2. The normalized spacial score (nSPS) is 10.4. The summed E-state index contributed by atoms with van der Waals surface area (Å²) < 4.78 is 0. The zero-order valence-electron chi connectivity index (χ0n) is 13.2. The smallest absolute Gasteiger partial charge is 0.243 e. The predicted molar refractivity (Wildman–Crippen MR) is 93.9 cm³/mol. The molecule has 0 aromatic heterocycles. The quantitative estimate of drug-likeness (QED) is 0.848. The topological polar surface area (TPSA) is 41.1 Å². The van der Waals surface area contributed by atoms with Gasteiger partial charge in [-0.3, -0.25) is 4.79 Å². The van der Waals surface area contributed by atoms with Crippen LogP contribution in [0.4, 0.5) is 11.4 Å². The molecule has 0 saturated heterocycles. The van der Waals surface area contributed by atoms with Crippen molar-refractivity contribution in [3.05, 3.63) is 58.1 Å². The van der Waals surface area contributed by atoms with Gasteiger partial charge in [0.05, 0.1) is 17.3 Å². The zero-order valence-corrected chi connectivity index (χ0v) is 13.9. The number of carbonyl (C=O) groups excluding carboxylic acids is 1. The SMILES string of the molecule is CCc1ccccc1NC(=O)CNc1c(C)cc(C)cc1Cl. The highest BCUT2D eigenvalue weighted by Crippen LogP contribution is 2.27. The van der Waals surface area contributed by atoms with E-state index in [1.54, 1.807) is 0 Å². The molecule has 2 N–H and O–H groups in total. The van der Waals surface area contributed by atoms with Gasteiger partial charge in [0.2, 0.25) is 5.91 Å². The van der Waals surface area contributed by atoms with Crippen LogP contribution in [0.1, 0.15) is 23.6 Å². The second-order valence-corrected chi connectivity index (χ2v) is 5.76. The van der Waals surface area contributed by atoms with Crippen LogP contribution >= 0.6 is 11.6 Å². The van der Waals surface area contributed by atoms with Gasteiger partial charge in [0.1, 0.15) is 0 Å². The molecule has 0 aliphatic heterocycles. The molecule has 3 nitrogen and oxygen atoms in total. The Hall–Kier alpha value is -2.00. The van der Waals surface area contributed by atoms with Crippen molar-refractivity contribution in [3.63, 3.8) is 0 Å². The monoisotopic (exact) mass is 316 g/mol. The summed E-state index contributed by atoms with van der Waals surface area (Å²) in [4.78, 5) is 12.1. The number of nitrogens with one attached hydrogen (secondary N) is 2. The average Bonchev–Trinajstić information content (AvgIpc) is 2.46. The van der Waals surface area contributed by atoms with Crippen LogP contribution in [-0.2, 0) is 11.2 Å². The molecule has 2 aromatic carbocycles. The fourth-order valence-corrected chi connectivity index (χ4v) is 2.84. The van der Waals surface area contributed by atoms with Crippen molar-refractivity contribution in [3.8, 4) is 0 Å². The van der Waals surface area contributed by atoms with Crippen LogP contribution < -0.4 is 10.6 Å². The van der Waals surface area contributed by atoms with E-state index in [4.69, 9.17) is 11.6 Å². The molecule has 116 valence electrons. The summed E-state index contributed by atoms with van der Waals surface area (Å²) in [6, 6.07) is 11.8. The van der Waals surface area contributed by atoms with Crippen LogP contribution in [0.15, 0.2) is 36.4 Å². The number of benzene rings is 2. The number of rotatable bonds is 5. The molecule has 2 rings (SSSR count). The number of halogens is 1. The second kappa shape index (κ2) is 7.32. The van der Waals surface area contributed by atoms with Crippen LogP contribution in [-0.4, -0.2) is 12.5 Å². The minimum absolute atomic E-state index is 0.0862. The lowest BCUT2D eigenvalue weighted by atomic mass is 10.1. The van der Waals surface area contributed by atoms with E-state index in [1.807, 2.05) is 50.2 Å². The fraction of sp³-hybridized carbons (Fsp3) is 0.278. The standard InChI is InChI=1S/C18H21ClN2O/c1-4-14-7-5-6-8-16(14)21-17(22)11-20-18-13(3)9-12(2)10-15(18)19/h5-10,20H,4,11H2,1-3H3,(H,21,22). The molecule has 0 atom stereocenters. The molecule has 22 heavy (non-hydrogen) atoms. The third kappa shape index (κ3) is 4.01. The Bertz CT molecular complexity index is 660. The molecule has 0 saturated carbocycles. The van der Waals surface area contributed by atoms with E-state index in [0.717, 1.165) is 34.5 Å². The molecule has 0 aliphatic rings. The first-order chi connectivity index (χ1) is 10.5. The molecule has 4 heteroatoms. The Balaban J connectivity index is 2.02. The molecule has 0 bridgehead atoms. The Kier molecular flexibility index (Phi) is 5.45. The Morgan fingerprint density at radius 3 is 2.59 bits per heavy atom. The zero-order chi connectivity index (χ0) is 16.1. The summed E-state index contributed by atoms with van der Waals surface area (Å²) in [6.07, 6.45) is 0.882. The minimum Gasteiger partial charge on any atom is -0.375 e. The van der Waals surface area contributed by atoms with Crippen molar-refractivity contribution >= 4 is 28.9 Å². The molecule has 0 radical (unpaired) electrons. The largest absolute Gasteiger partial charge is 0.375 e. The lowest BCUT2D eigenvalue weighted by Gasteiger charge is -2.14. The van der Waals surface area contributed by atoms with Gasteiger partial charge in [0.25, 0.3) is 0 Å². The van der Waals surface area contributed by atoms with Crippen LogP contribution in [0.25, 0.3) is 0 Å². The molecular formula is C18H21ClN2O. The summed E-state index contributed by atoms with van der Waals surface area (Å²) in [7, 11) is 0. The molecule has 1 amide bonds. The van der Waals surface area contributed by atoms with Gasteiger partial charge in [-0.05, 0) is 49.1 Å². The van der Waals surface area contributed by atoms with Gasteiger partial charge in [0.15, 0.2) is 0 Å². The maximum atomic E-state index is 12.1. The van der Waals surface area contributed by atoms with Gasteiger partial charge < -0.3 is 10.6 Å². The lowest BCUT2D eigenvalue weighted by Crippen LogP contribution is -2.22. The summed E-state index contributed by atoms with van der Waals surface area (Å²) in [5.74, 6) is -0.0862. The highest BCUT2D eigenvalue weighted by molar-refractivity contribution is 6.33. The summed E-state index contributed by atoms with van der Waals surface area (Å²) in [6.45, 7) is 6.23. The van der Waals surface area contributed by atoms with Crippen molar-refractivity contribution < 1.29 is 4.79 Å². The van der Waals surface area contributed by atoms with Crippen molar-refractivity contribution in [2.24, 2.45) is 0 Å². The van der Waals surface area contributed by atoms with E-state index in [-0.39, 0.29) is 12.5 Å². The Morgan fingerprint density at radius 1 is 1.18 bits per heavy atom. The number of anilines is 2. The minimum atomic E-state index is -0.0862. The number of hydrogen-bond donors (Lipinski definition) is 2. The molecule has 2 aromatic rings. The van der Waals surface area contributed by atoms with Crippen molar-refractivity contribution in [2.45, 2.75) is 27.2 Å². The lowest BCUT2D eigenvalue weighted by molar-refractivity contribution is -0.114. The third-order valence-corrected chi connectivity index (χ3v) is 3.83. The summed E-state index contributed by atoms with van der Waals surface area (Å²) in [5, 5.41) is 6.70. The Labute approximate surface area is 136 Å². The second-order valence-electron chi connectivity index (χ2n) is 5.35. The maximum Gasteiger partial charge on any atom is 0.243 e. The molecule has 0 heterocycles. The highest BCUT2D eigenvalue weighted by Gasteiger charge is 2.09. The molecule has 0 unspecified atom stereocenters. The van der Waals surface area contributed by atoms with Crippen LogP contribution in [0.3, 0.4) is 0 Å². The van der Waals surface area contributed by atoms with Crippen LogP contribution in [0, 0.1) is 13.8 Å². The highest BCUT2D eigenvalue weighted by atomic mass is 35.5. The van der Waals surface area contributed by atoms with Crippen molar-refractivity contribution in [2.75, 3.05) is 17.2 Å². The van der Waals surface area contributed by atoms with Crippen LogP contribution in [0.5, 0.6) is 0 Å². The first kappa shape index (κ1) is 16.4. The van der Waals surface area contributed by atoms with Gasteiger partial charge in [-0.1, -0.05) is 42.8 Å². The van der Waals surface area contributed by atoms with E-state index in [0.29, 0.717) is 5.02 Å².